The molecule has 2 aromatic carbocycles. The standard InChI is InChI=1S/C19H17ClN4O2/c1-26-17-7-5-13(6-8-17)10-21-18(25)14-11-22-19(23-12-14)24-16-4-2-3-15(20)9-16/h2-9,11-12H,10H2,1H3,(H,21,25)(H,22,23,24). The number of carbonyl (C=O) groups excluding carboxylic acids is 1. The van der Waals surface area contributed by atoms with E-state index in [9.17, 15) is 4.79 Å². The van der Waals surface area contributed by atoms with E-state index in [0.717, 1.165) is 17.0 Å². The lowest BCUT2D eigenvalue weighted by Gasteiger charge is -2.07. The highest BCUT2D eigenvalue weighted by molar-refractivity contribution is 6.30. The molecule has 7 heteroatoms. The third-order valence-electron chi connectivity index (χ3n) is 3.61. The van der Waals surface area contributed by atoms with Crippen LogP contribution in [0.4, 0.5) is 11.6 Å². The molecule has 0 radical (unpaired) electrons. The summed E-state index contributed by atoms with van der Waals surface area (Å²) in [5, 5.41) is 6.48. The van der Waals surface area contributed by atoms with Crippen LogP contribution in [0.1, 0.15) is 15.9 Å². The number of aromatic nitrogens is 2. The normalized spacial score (nSPS) is 10.2. The molecule has 3 rings (SSSR count). The molecule has 1 amide bonds. The molecule has 132 valence electrons. The van der Waals surface area contributed by atoms with Crippen LogP contribution in [-0.4, -0.2) is 23.0 Å². The third-order valence-corrected chi connectivity index (χ3v) is 3.84. The van der Waals surface area contributed by atoms with Gasteiger partial charge in [0.2, 0.25) is 5.95 Å². The average molecular weight is 369 g/mol. The van der Waals surface area contributed by atoms with Crippen molar-refractivity contribution in [1.82, 2.24) is 15.3 Å². The molecule has 0 aliphatic heterocycles. The van der Waals surface area contributed by atoms with E-state index in [1.165, 1.54) is 12.4 Å². The van der Waals surface area contributed by atoms with Crippen LogP contribution in [0.15, 0.2) is 60.9 Å². The Morgan fingerprint density at radius 3 is 2.50 bits per heavy atom. The highest BCUT2D eigenvalue weighted by Gasteiger charge is 2.07. The van der Waals surface area contributed by atoms with Gasteiger partial charge in [-0.15, -0.1) is 0 Å². The highest BCUT2D eigenvalue weighted by atomic mass is 35.5. The second-order valence-corrected chi connectivity index (χ2v) is 5.90. The molecule has 0 atom stereocenters. The van der Waals surface area contributed by atoms with Gasteiger partial charge in [-0.25, -0.2) is 9.97 Å². The van der Waals surface area contributed by atoms with Crippen molar-refractivity contribution in [2.24, 2.45) is 0 Å². The molecule has 0 saturated carbocycles. The number of amides is 1. The largest absolute Gasteiger partial charge is 0.497 e. The molecular weight excluding hydrogens is 352 g/mol. The number of nitrogens with one attached hydrogen (secondary N) is 2. The zero-order valence-electron chi connectivity index (χ0n) is 14.1. The van der Waals surface area contributed by atoms with Crippen molar-refractivity contribution >= 4 is 29.1 Å². The van der Waals surface area contributed by atoms with Gasteiger partial charge in [-0.1, -0.05) is 29.8 Å². The molecule has 26 heavy (non-hydrogen) atoms. The first-order chi connectivity index (χ1) is 12.6. The van der Waals surface area contributed by atoms with Gasteiger partial charge in [0.1, 0.15) is 5.75 Å². The van der Waals surface area contributed by atoms with Crippen molar-refractivity contribution in [3.63, 3.8) is 0 Å². The van der Waals surface area contributed by atoms with E-state index in [1.54, 1.807) is 19.2 Å². The van der Waals surface area contributed by atoms with Gasteiger partial charge in [-0.3, -0.25) is 4.79 Å². The van der Waals surface area contributed by atoms with Crippen molar-refractivity contribution in [2.75, 3.05) is 12.4 Å². The van der Waals surface area contributed by atoms with Gasteiger partial charge < -0.3 is 15.4 Å². The fourth-order valence-electron chi connectivity index (χ4n) is 2.23. The van der Waals surface area contributed by atoms with E-state index in [2.05, 4.69) is 20.6 Å². The van der Waals surface area contributed by atoms with Crippen molar-refractivity contribution in [1.29, 1.82) is 0 Å². The van der Waals surface area contributed by atoms with Crippen LogP contribution >= 0.6 is 11.6 Å². The minimum Gasteiger partial charge on any atom is -0.497 e. The summed E-state index contributed by atoms with van der Waals surface area (Å²) >= 11 is 5.94. The van der Waals surface area contributed by atoms with E-state index < -0.39 is 0 Å². The Kier molecular flexibility index (Phi) is 5.66. The van der Waals surface area contributed by atoms with Crippen LogP contribution in [0.25, 0.3) is 0 Å². The van der Waals surface area contributed by atoms with E-state index in [1.807, 2.05) is 36.4 Å². The second-order valence-electron chi connectivity index (χ2n) is 5.46. The third kappa shape index (κ3) is 4.70. The molecule has 6 nitrogen and oxygen atoms in total. The van der Waals surface area contributed by atoms with E-state index in [4.69, 9.17) is 16.3 Å². The highest BCUT2D eigenvalue weighted by Crippen LogP contribution is 2.17. The van der Waals surface area contributed by atoms with Crippen LogP contribution in [0.3, 0.4) is 0 Å². The van der Waals surface area contributed by atoms with Crippen molar-refractivity contribution in [2.45, 2.75) is 6.54 Å². The van der Waals surface area contributed by atoms with E-state index in [-0.39, 0.29) is 5.91 Å². The number of methoxy groups -OCH3 is 1. The first kappa shape index (κ1) is 17.7. The number of halogens is 1. The molecule has 0 spiro atoms. The second kappa shape index (κ2) is 8.31. The lowest BCUT2D eigenvalue weighted by molar-refractivity contribution is 0.0950. The summed E-state index contributed by atoms with van der Waals surface area (Å²) in [6.07, 6.45) is 2.95. The zero-order valence-corrected chi connectivity index (χ0v) is 14.8. The first-order valence-electron chi connectivity index (χ1n) is 7.90. The van der Waals surface area contributed by atoms with Crippen molar-refractivity contribution in [3.8, 4) is 5.75 Å². The summed E-state index contributed by atoms with van der Waals surface area (Å²) < 4.78 is 5.11. The fourth-order valence-corrected chi connectivity index (χ4v) is 2.42. The molecule has 0 aliphatic rings. The van der Waals surface area contributed by atoms with Crippen LogP contribution in [-0.2, 0) is 6.54 Å². The van der Waals surface area contributed by atoms with Crippen molar-refractivity contribution < 1.29 is 9.53 Å². The van der Waals surface area contributed by atoms with E-state index in [0.29, 0.717) is 23.1 Å². The Labute approximate surface area is 156 Å². The van der Waals surface area contributed by atoms with Gasteiger partial charge in [0.15, 0.2) is 0 Å². The number of nitrogens with zero attached hydrogens (tertiary/aromatic N) is 2. The number of rotatable bonds is 6. The van der Waals surface area contributed by atoms with Crippen LogP contribution in [0.2, 0.25) is 5.02 Å². The molecule has 0 aliphatic carbocycles. The molecule has 1 heterocycles. The SMILES string of the molecule is COc1ccc(CNC(=O)c2cnc(Nc3cccc(Cl)c3)nc2)cc1. The number of hydrogen-bond donors (Lipinski definition) is 2. The molecule has 0 saturated heterocycles. The Morgan fingerprint density at radius 1 is 1.12 bits per heavy atom. The maximum absolute atomic E-state index is 12.2. The van der Waals surface area contributed by atoms with Crippen LogP contribution in [0, 0.1) is 0 Å². The minimum absolute atomic E-state index is 0.241. The molecular formula is C19H17ClN4O2. The smallest absolute Gasteiger partial charge is 0.254 e. The van der Waals surface area contributed by atoms with Gasteiger partial charge in [0.05, 0.1) is 12.7 Å². The van der Waals surface area contributed by atoms with Crippen LogP contribution in [0.5, 0.6) is 5.75 Å². The Balaban J connectivity index is 1.57. The Morgan fingerprint density at radius 2 is 1.85 bits per heavy atom. The van der Waals surface area contributed by atoms with Gasteiger partial charge in [0, 0.05) is 29.6 Å². The quantitative estimate of drug-likeness (QED) is 0.691. The number of hydrogen-bond acceptors (Lipinski definition) is 5. The topological polar surface area (TPSA) is 76.1 Å². The average Bonchev–Trinajstić information content (AvgIpc) is 2.67. The van der Waals surface area contributed by atoms with E-state index >= 15 is 0 Å². The maximum Gasteiger partial charge on any atom is 0.254 e. The lowest BCUT2D eigenvalue weighted by atomic mass is 10.2. The van der Waals surface area contributed by atoms with Gasteiger partial charge in [-0.05, 0) is 35.9 Å². The summed E-state index contributed by atoms with van der Waals surface area (Å²) in [6.45, 7) is 0.408. The molecule has 0 fully saturated rings. The first-order valence-corrected chi connectivity index (χ1v) is 8.27. The fraction of sp³-hybridized carbons (Fsp3) is 0.105. The molecule has 0 unspecified atom stereocenters. The van der Waals surface area contributed by atoms with Crippen molar-refractivity contribution in [3.05, 3.63) is 77.1 Å². The Hall–Kier alpha value is -3.12. The molecule has 2 N–H and O–H groups in total. The summed E-state index contributed by atoms with van der Waals surface area (Å²) in [5.74, 6) is 0.922. The predicted molar refractivity (Wildman–Crippen MR) is 101 cm³/mol. The van der Waals surface area contributed by atoms with Gasteiger partial charge >= 0.3 is 0 Å². The zero-order chi connectivity index (χ0) is 18.4. The molecule has 3 aromatic rings. The number of benzene rings is 2. The summed E-state index contributed by atoms with van der Waals surface area (Å²) in [5.41, 5.74) is 2.13. The maximum atomic E-state index is 12.2. The summed E-state index contributed by atoms with van der Waals surface area (Å²) in [4.78, 5) is 20.5. The lowest BCUT2D eigenvalue weighted by Crippen LogP contribution is -2.23. The monoisotopic (exact) mass is 368 g/mol. The number of carbonyl (C=O) groups is 1. The minimum atomic E-state index is -0.241. The predicted octanol–water partition coefficient (Wildman–Crippen LogP) is 3.81. The molecule has 0 bridgehead atoms. The summed E-state index contributed by atoms with van der Waals surface area (Å²) in [7, 11) is 1.61. The summed E-state index contributed by atoms with van der Waals surface area (Å²) in [6, 6.07) is 14.7. The Bertz CT molecular complexity index is 883. The van der Waals surface area contributed by atoms with Crippen LogP contribution < -0.4 is 15.4 Å². The molecule has 1 aromatic heterocycles. The number of anilines is 2. The number of ether oxygens (including phenoxy) is 1. The van der Waals surface area contributed by atoms with Gasteiger partial charge in [0.25, 0.3) is 5.91 Å². The van der Waals surface area contributed by atoms with Gasteiger partial charge in [-0.2, -0.15) is 0 Å².